The first-order valence-corrected chi connectivity index (χ1v) is 8.71. The van der Waals surface area contributed by atoms with Crippen LogP contribution in [0.25, 0.3) is 22.5 Å². The van der Waals surface area contributed by atoms with Gasteiger partial charge in [0.2, 0.25) is 5.91 Å². The number of ether oxygens (including phenoxy) is 1. The van der Waals surface area contributed by atoms with Crippen molar-refractivity contribution in [2.45, 2.75) is 13.0 Å². The minimum atomic E-state index is 0.0102. The van der Waals surface area contributed by atoms with Gasteiger partial charge >= 0.3 is 0 Å². The third-order valence-electron chi connectivity index (χ3n) is 4.14. The van der Waals surface area contributed by atoms with Crippen LogP contribution >= 0.6 is 0 Å². The molecule has 0 aliphatic heterocycles. The van der Waals surface area contributed by atoms with Crippen molar-refractivity contribution < 1.29 is 9.53 Å². The maximum absolute atomic E-state index is 12.0. The second-order valence-corrected chi connectivity index (χ2v) is 5.96. The molecule has 3 rings (SSSR count). The summed E-state index contributed by atoms with van der Waals surface area (Å²) in [6.07, 6.45) is 2.21. The van der Waals surface area contributed by atoms with Gasteiger partial charge in [-0.15, -0.1) is 0 Å². The number of aromatic nitrogens is 2. The van der Waals surface area contributed by atoms with Gasteiger partial charge in [-0.1, -0.05) is 60.7 Å². The molecule has 0 unspecified atom stereocenters. The van der Waals surface area contributed by atoms with Gasteiger partial charge in [-0.2, -0.15) is 0 Å². The lowest BCUT2D eigenvalue weighted by Gasteiger charge is -2.11. The Morgan fingerprint density at radius 2 is 1.69 bits per heavy atom. The number of imidazole rings is 1. The standard InChI is InChI=1S/C21H23N3O2/c1-26-15-13-22-19(25)12-14-24-16-23-20(17-8-4-2-5-9-17)21(24)18-10-6-3-7-11-18/h2-11,16H,12-15H2,1H3,(H,22,25). The first kappa shape index (κ1) is 17.9. The predicted octanol–water partition coefficient (Wildman–Crippen LogP) is 3.37. The molecule has 0 saturated heterocycles. The summed E-state index contributed by atoms with van der Waals surface area (Å²) in [6.45, 7) is 1.62. The molecule has 1 amide bonds. The number of carbonyl (C=O) groups excluding carboxylic acids is 1. The molecule has 5 nitrogen and oxygen atoms in total. The second kappa shape index (κ2) is 8.97. The SMILES string of the molecule is COCCNC(=O)CCn1cnc(-c2ccccc2)c1-c1ccccc1. The number of rotatable bonds is 8. The van der Waals surface area contributed by atoms with Crippen LogP contribution in [-0.4, -0.2) is 35.7 Å². The molecule has 26 heavy (non-hydrogen) atoms. The van der Waals surface area contributed by atoms with E-state index in [-0.39, 0.29) is 5.91 Å². The van der Waals surface area contributed by atoms with Crippen molar-refractivity contribution in [1.29, 1.82) is 0 Å². The fourth-order valence-electron chi connectivity index (χ4n) is 2.86. The Labute approximate surface area is 153 Å². The topological polar surface area (TPSA) is 56.1 Å². The van der Waals surface area contributed by atoms with Crippen molar-refractivity contribution in [3.8, 4) is 22.5 Å². The highest BCUT2D eigenvalue weighted by Crippen LogP contribution is 2.31. The van der Waals surface area contributed by atoms with E-state index in [4.69, 9.17) is 4.74 Å². The Hall–Kier alpha value is -2.92. The summed E-state index contributed by atoms with van der Waals surface area (Å²) in [6, 6.07) is 20.3. The third-order valence-corrected chi connectivity index (χ3v) is 4.14. The predicted molar refractivity (Wildman–Crippen MR) is 103 cm³/mol. The van der Waals surface area contributed by atoms with Gasteiger partial charge in [-0.3, -0.25) is 4.79 Å². The van der Waals surface area contributed by atoms with Gasteiger partial charge in [0.15, 0.2) is 0 Å². The first-order chi connectivity index (χ1) is 12.8. The summed E-state index contributed by atoms with van der Waals surface area (Å²) in [4.78, 5) is 16.6. The zero-order chi connectivity index (χ0) is 18.2. The van der Waals surface area contributed by atoms with Crippen LogP contribution in [0.2, 0.25) is 0 Å². The molecule has 0 aliphatic rings. The first-order valence-electron chi connectivity index (χ1n) is 8.71. The molecule has 3 aromatic rings. The largest absolute Gasteiger partial charge is 0.383 e. The van der Waals surface area contributed by atoms with E-state index in [1.165, 1.54) is 0 Å². The Bertz CT molecular complexity index is 829. The zero-order valence-electron chi connectivity index (χ0n) is 14.9. The van der Waals surface area contributed by atoms with Gasteiger partial charge in [-0.05, 0) is 0 Å². The minimum absolute atomic E-state index is 0.0102. The van der Waals surface area contributed by atoms with Gasteiger partial charge < -0.3 is 14.6 Å². The number of amides is 1. The molecule has 0 saturated carbocycles. The summed E-state index contributed by atoms with van der Waals surface area (Å²) in [5.41, 5.74) is 4.11. The van der Waals surface area contributed by atoms with E-state index in [1.54, 1.807) is 7.11 Å². The summed E-state index contributed by atoms with van der Waals surface area (Å²) >= 11 is 0. The molecule has 0 bridgehead atoms. The van der Waals surface area contributed by atoms with E-state index >= 15 is 0 Å². The van der Waals surface area contributed by atoms with Crippen molar-refractivity contribution in [2.24, 2.45) is 0 Å². The van der Waals surface area contributed by atoms with Gasteiger partial charge in [-0.25, -0.2) is 4.98 Å². The summed E-state index contributed by atoms with van der Waals surface area (Å²) in [5.74, 6) is 0.0102. The van der Waals surface area contributed by atoms with Crippen molar-refractivity contribution >= 4 is 5.91 Å². The second-order valence-electron chi connectivity index (χ2n) is 5.96. The third kappa shape index (κ3) is 4.37. The molecule has 0 aliphatic carbocycles. The van der Waals surface area contributed by atoms with E-state index in [1.807, 2.05) is 47.3 Å². The van der Waals surface area contributed by atoms with Gasteiger partial charge in [0.25, 0.3) is 0 Å². The lowest BCUT2D eigenvalue weighted by Crippen LogP contribution is -2.27. The van der Waals surface area contributed by atoms with Crippen LogP contribution in [0.4, 0.5) is 0 Å². The number of aryl methyl sites for hydroxylation is 1. The molecular formula is C21H23N3O2. The normalized spacial score (nSPS) is 10.7. The van der Waals surface area contributed by atoms with Crippen molar-refractivity contribution in [3.05, 3.63) is 67.0 Å². The van der Waals surface area contributed by atoms with Crippen molar-refractivity contribution in [1.82, 2.24) is 14.9 Å². The molecule has 2 aromatic carbocycles. The van der Waals surface area contributed by atoms with Gasteiger partial charge in [0.05, 0.1) is 24.3 Å². The molecule has 5 heteroatoms. The highest BCUT2D eigenvalue weighted by atomic mass is 16.5. The molecule has 0 radical (unpaired) electrons. The molecule has 134 valence electrons. The number of nitrogens with one attached hydrogen (secondary N) is 1. The molecular weight excluding hydrogens is 326 g/mol. The highest BCUT2D eigenvalue weighted by Gasteiger charge is 2.15. The molecule has 0 atom stereocenters. The number of nitrogens with zero attached hydrogens (tertiary/aromatic N) is 2. The van der Waals surface area contributed by atoms with E-state index in [0.29, 0.717) is 26.1 Å². The lowest BCUT2D eigenvalue weighted by molar-refractivity contribution is -0.121. The van der Waals surface area contributed by atoms with Gasteiger partial charge in [0.1, 0.15) is 0 Å². The Morgan fingerprint density at radius 3 is 2.35 bits per heavy atom. The number of methoxy groups -OCH3 is 1. The number of hydrogen-bond donors (Lipinski definition) is 1. The van der Waals surface area contributed by atoms with Crippen LogP contribution in [0.1, 0.15) is 6.42 Å². The fraction of sp³-hybridized carbons (Fsp3) is 0.238. The van der Waals surface area contributed by atoms with E-state index < -0.39 is 0 Å². The molecule has 0 fully saturated rings. The average molecular weight is 349 g/mol. The maximum Gasteiger partial charge on any atom is 0.221 e. The van der Waals surface area contributed by atoms with E-state index in [2.05, 4.69) is 34.6 Å². The fourth-order valence-corrected chi connectivity index (χ4v) is 2.86. The molecule has 1 heterocycles. The monoisotopic (exact) mass is 349 g/mol. The Morgan fingerprint density at radius 1 is 1.04 bits per heavy atom. The number of hydrogen-bond acceptors (Lipinski definition) is 3. The minimum Gasteiger partial charge on any atom is -0.383 e. The van der Waals surface area contributed by atoms with E-state index in [9.17, 15) is 4.79 Å². The molecule has 1 N–H and O–H groups in total. The van der Waals surface area contributed by atoms with Crippen molar-refractivity contribution in [3.63, 3.8) is 0 Å². The quantitative estimate of drug-likeness (QED) is 0.635. The van der Waals surface area contributed by atoms with Gasteiger partial charge in [0, 0.05) is 37.7 Å². The average Bonchev–Trinajstić information content (AvgIpc) is 3.12. The smallest absolute Gasteiger partial charge is 0.221 e. The van der Waals surface area contributed by atoms with Crippen LogP contribution < -0.4 is 5.32 Å². The Balaban J connectivity index is 1.84. The van der Waals surface area contributed by atoms with Crippen LogP contribution in [0.3, 0.4) is 0 Å². The number of benzene rings is 2. The van der Waals surface area contributed by atoms with Crippen molar-refractivity contribution in [2.75, 3.05) is 20.3 Å². The summed E-state index contributed by atoms with van der Waals surface area (Å²) in [7, 11) is 1.62. The van der Waals surface area contributed by atoms with Crippen LogP contribution in [-0.2, 0) is 16.1 Å². The van der Waals surface area contributed by atoms with Crippen LogP contribution in [0.15, 0.2) is 67.0 Å². The summed E-state index contributed by atoms with van der Waals surface area (Å²) in [5, 5.41) is 2.85. The molecule has 0 spiro atoms. The molecule has 1 aromatic heterocycles. The summed E-state index contributed by atoms with van der Waals surface area (Å²) < 4.78 is 7.00. The van der Waals surface area contributed by atoms with E-state index in [0.717, 1.165) is 22.5 Å². The lowest BCUT2D eigenvalue weighted by atomic mass is 10.0. The Kier molecular flexibility index (Phi) is 6.17. The van der Waals surface area contributed by atoms with Crippen LogP contribution in [0.5, 0.6) is 0 Å². The maximum atomic E-state index is 12.0. The zero-order valence-corrected chi connectivity index (χ0v) is 14.9. The number of carbonyl (C=O) groups is 1. The van der Waals surface area contributed by atoms with Crippen LogP contribution in [0, 0.1) is 0 Å². The highest BCUT2D eigenvalue weighted by molar-refractivity contribution is 5.79.